The molecule has 0 aliphatic carbocycles. The summed E-state index contributed by atoms with van der Waals surface area (Å²) in [4.78, 5) is 11.4. The fraction of sp³-hybridized carbons (Fsp3) is 0.417. The average molecular weight is 294 g/mol. The number of hydrogen-bond acceptors (Lipinski definition) is 3. The molecule has 0 bridgehead atoms. The van der Waals surface area contributed by atoms with Crippen LogP contribution in [0, 0.1) is 0 Å². The van der Waals surface area contributed by atoms with Crippen LogP contribution < -0.4 is 0 Å². The molecule has 0 amide bonds. The number of ether oxygens (including phenoxy) is 1. The van der Waals surface area contributed by atoms with Crippen molar-refractivity contribution in [3.63, 3.8) is 0 Å². The number of halogens is 3. The first kappa shape index (κ1) is 15.8. The maximum Gasteiger partial charge on any atom is 0.416 e. The largest absolute Gasteiger partial charge is 0.611 e. The minimum atomic E-state index is -4.52. The minimum Gasteiger partial charge on any atom is -0.611 e. The van der Waals surface area contributed by atoms with Crippen LogP contribution in [-0.4, -0.2) is 22.4 Å². The minimum absolute atomic E-state index is 0.0646. The van der Waals surface area contributed by atoms with Gasteiger partial charge in [-0.2, -0.15) is 13.2 Å². The molecule has 0 radical (unpaired) electrons. The molecule has 0 saturated carbocycles. The number of methoxy groups -OCH3 is 1. The van der Waals surface area contributed by atoms with Crippen molar-refractivity contribution in [2.75, 3.05) is 7.11 Å². The highest BCUT2D eigenvalue weighted by atomic mass is 32.2. The highest BCUT2D eigenvalue weighted by Crippen LogP contribution is 2.33. The standard InChI is InChI=1S/C12H13F3O3S/c1-11(2,10(16)18-3)19(17)9-6-4-5-8(7-9)12(13,14)15/h4-7H,1-3H3. The SMILES string of the molecule is COC(=O)C(C)(C)[S+]([O-])c1cccc(C(F)(F)F)c1. The zero-order valence-corrected chi connectivity index (χ0v) is 11.4. The third-order valence-corrected chi connectivity index (χ3v) is 4.29. The zero-order valence-electron chi connectivity index (χ0n) is 10.6. The van der Waals surface area contributed by atoms with Crippen molar-refractivity contribution in [2.45, 2.75) is 29.7 Å². The van der Waals surface area contributed by atoms with E-state index in [9.17, 15) is 22.5 Å². The number of esters is 1. The molecule has 0 aromatic heterocycles. The molecule has 19 heavy (non-hydrogen) atoms. The van der Waals surface area contributed by atoms with Gasteiger partial charge in [-0.25, -0.2) is 4.79 Å². The van der Waals surface area contributed by atoms with E-state index in [-0.39, 0.29) is 4.90 Å². The van der Waals surface area contributed by atoms with E-state index in [0.717, 1.165) is 25.3 Å². The number of alkyl halides is 3. The Morgan fingerprint density at radius 1 is 1.32 bits per heavy atom. The van der Waals surface area contributed by atoms with Gasteiger partial charge in [0.25, 0.3) is 0 Å². The molecule has 0 aliphatic heterocycles. The number of rotatable bonds is 3. The Morgan fingerprint density at radius 3 is 2.37 bits per heavy atom. The van der Waals surface area contributed by atoms with Gasteiger partial charge in [-0.3, -0.25) is 0 Å². The Balaban J connectivity index is 3.14. The molecule has 1 aromatic carbocycles. The maximum absolute atomic E-state index is 12.6. The fourth-order valence-electron chi connectivity index (χ4n) is 1.40. The van der Waals surface area contributed by atoms with Crippen LogP contribution in [0.1, 0.15) is 19.4 Å². The summed E-state index contributed by atoms with van der Waals surface area (Å²) in [6.45, 7) is 2.71. The van der Waals surface area contributed by atoms with Crippen molar-refractivity contribution in [2.24, 2.45) is 0 Å². The van der Waals surface area contributed by atoms with E-state index in [1.807, 2.05) is 0 Å². The summed E-state index contributed by atoms with van der Waals surface area (Å²) in [5.41, 5.74) is -0.904. The van der Waals surface area contributed by atoms with E-state index in [1.54, 1.807) is 0 Å². The topological polar surface area (TPSA) is 49.4 Å². The molecule has 1 aromatic rings. The summed E-state index contributed by atoms with van der Waals surface area (Å²) in [6.07, 6.45) is -4.52. The van der Waals surface area contributed by atoms with E-state index in [2.05, 4.69) is 4.74 Å². The van der Waals surface area contributed by atoms with E-state index >= 15 is 0 Å². The van der Waals surface area contributed by atoms with Crippen LogP contribution in [0.4, 0.5) is 13.2 Å². The molecular formula is C12H13F3O3S. The van der Waals surface area contributed by atoms with Gasteiger partial charge in [0.1, 0.15) is 0 Å². The summed E-state index contributed by atoms with van der Waals surface area (Å²) in [5.74, 6) is -0.747. The first-order valence-corrected chi connectivity index (χ1v) is 6.43. The van der Waals surface area contributed by atoms with Gasteiger partial charge in [0.15, 0.2) is 4.90 Å². The molecule has 0 N–H and O–H groups in total. The molecule has 0 saturated heterocycles. The second kappa shape index (κ2) is 5.42. The van der Waals surface area contributed by atoms with Gasteiger partial charge in [0.05, 0.1) is 12.7 Å². The number of hydrogen-bond donors (Lipinski definition) is 0. The average Bonchev–Trinajstić information content (AvgIpc) is 2.35. The molecule has 1 rings (SSSR count). The molecule has 0 spiro atoms. The van der Waals surface area contributed by atoms with Crippen LogP contribution in [-0.2, 0) is 26.9 Å². The van der Waals surface area contributed by atoms with Crippen molar-refractivity contribution >= 4 is 17.1 Å². The molecule has 0 fully saturated rings. The van der Waals surface area contributed by atoms with Crippen LogP contribution >= 0.6 is 0 Å². The lowest BCUT2D eigenvalue weighted by atomic mass is 10.2. The highest BCUT2D eigenvalue weighted by molar-refractivity contribution is 7.93. The van der Waals surface area contributed by atoms with Gasteiger partial charge in [-0.1, -0.05) is 6.07 Å². The van der Waals surface area contributed by atoms with Crippen molar-refractivity contribution in [3.8, 4) is 0 Å². The lowest BCUT2D eigenvalue weighted by Crippen LogP contribution is -2.41. The van der Waals surface area contributed by atoms with Crippen molar-refractivity contribution in [1.82, 2.24) is 0 Å². The third-order valence-electron chi connectivity index (χ3n) is 2.52. The summed E-state index contributed by atoms with van der Waals surface area (Å²) in [5, 5.41) is 0. The quantitative estimate of drug-likeness (QED) is 0.636. The first-order valence-electron chi connectivity index (χ1n) is 5.28. The second-order valence-electron chi connectivity index (χ2n) is 4.30. The van der Waals surface area contributed by atoms with Crippen LogP contribution in [0.2, 0.25) is 0 Å². The number of carbonyl (C=O) groups excluding carboxylic acids is 1. The molecule has 106 valence electrons. The van der Waals surface area contributed by atoms with Gasteiger partial charge in [-0.15, -0.1) is 0 Å². The molecular weight excluding hydrogens is 281 g/mol. The number of benzene rings is 1. The van der Waals surface area contributed by atoms with E-state index in [0.29, 0.717) is 0 Å². The molecule has 0 aliphatic rings. The summed E-state index contributed by atoms with van der Waals surface area (Å²) < 4.78 is 53.0. The first-order chi connectivity index (χ1) is 8.60. The lowest BCUT2D eigenvalue weighted by molar-refractivity contribution is -0.142. The predicted molar refractivity (Wildman–Crippen MR) is 63.9 cm³/mol. The predicted octanol–water partition coefficient (Wildman–Crippen LogP) is 2.76. The third kappa shape index (κ3) is 3.42. The normalized spacial score (nSPS) is 14.1. The summed E-state index contributed by atoms with van der Waals surface area (Å²) in [6, 6.07) is 4.10. The van der Waals surface area contributed by atoms with Gasteiger partial charge in [0.2, 0.25) is 4.75 Å². The fourth-order valence-corrected chi connectivity index (χ4v) is 2.66. The van der Waals surface area contributed by atoms with Crippen LogP contribution in [0.15, 0.2) is 29.2 Å². The second-order valence-corrected chi connectivity index (χ2v) is 6.33. The van der Waals surface area contributed by atoms with E-state index in [1.165, 1.54) is 19.9 Å². The Hall–Kier alpha value is -1.21. The lowest BCUT2D eigenvalue weighted by Gasteiger charge is -2.25. The van der Waals surface area contributed by atoms with Gasteiger partial charge in [0, 0.05) is 17.2 Å². The Labute approximate surface area is 111 Å². The van der Waals surface area contributed by atoms with Crippen molar-refractivity contribution < 1.29 is 27.3 Å². The van der Waals surface area contributed by atoms with E-state index in [4.69, 9.17) is 0 Å². The summed E-state index contributed by atoms with van der Waals surface area (Å²) in [7, 11) is 1.13. The van der Waals surface area contributed by atoms with E-state index < -0.39 is 33.6 Å². The van der Waals surface area contributed by atoms with Gasteiger partial charge >= 0.3 is 12.1 Å². The van der Waals surface area contributed by atoms with Crippen LogP contribution in [0.3, 0.4) is 0 Å². The van der Waals surface area contributed by atoms with Crippen molar-refractivity contribution in [3.05, 3.63) is 29.8 Å². The monoisotopic (exact) mass is 294 g/mol. The molecule has 0 heterocycles. The van der Waals surface area contributed by atoms with Gasteiger partial charge in [-0.05, 0) is 26.0 Å². The molecule has 7 heteroatoms. The highest BCUT2D eigenvalue weighted by Gasteiger charge is 2.43. The Kier molecular flexibility index (Phi) is 4.52. The van der Waals surface area contributed by atoms with Crippen LogP contribution in [0.5, 0.6) is 0 Å². The Bertz CT molecular complexity index is 472. The molecule has 1 atom stereocenters. The molecule has 1 unspecified atom stereocenters. The maximum atomic E-state index is 12.6. The van der Waals surface area contributed by atoms with Crippen molar-refractivity contribution in [1.29, 1.82) is 0 Å². The summed E-state index contributed by atoms with van der Waals surface area (Å²) >= 11 is -1.94. The number of carbonyl (C=O) groups is 1. The van der Waals surface area contributed by atoms with Gasteiger partial charge < -0.3 is 9.29 Å². The molecule has 3 nitrogen and oxygen atoms in total. The Morgan fingerprint density at radius 2 is 1.89 bits per heavy atom. The zero-order chi connectivity index (χ0) is 14.8. The smallest absolute Gasteiger partial charge is 0.416 e. The van der Waals surface area contributed by atoms with Crippen LogP contribution in [0.25, 0.3) is 0 Å².